The van der Waals surface area contributed by atoms with Crippen molar-refractivity contribution >= 4 is 17.0 Å². The van der Waals surface area contributed by atoms with E-state index >= 15 is 0 Å². The average Bonchev–Trinajstić information content (AvgIpc) is 3.49. The number of aromatic nitrogens is 2. The number of hydrogen-bond donors (Lipinski definition) is 1. The fraction of sp³-hybridized carbons (Fsp3) is 0.227. The molecule has 6 nitrogen and oxygen atoms in total. The molecule has 0 saturated heterocycles. The van der Waals surface area contributed by atoms with Gasteiger partial charge in [0, 0.05) is 11.6 Å². The van der Waals surface area contributed by atoms with Crippen molar-refractivity contribution in [3.8, 4) is 22.7 Å². The van der Waals surface area contributed by atoms with Crippen LogP contribution >= 0.6 is 0 Å². The van der Waals surface area contributed by atoms with Crippen molar-refractivity contribution < 1.29 is 13.7 Å². The number of rotatable bonds is 4. The molecule has 1 N–H and O–H groups in total. The summed E-state index contributed by atoms with van der Waals surface area (Å²) in [7, 11) is 0. The van der Waals surface area contributed by atoms with Crippen LogP contribution < -0.4 is 5.32 Å². The second-order valence-electron chi connectivity index (χ2n) is 7.06. The molecule has 3 heterocycles. The molecule has 1 saturated carbocycles. The van der Waals surface area contributed by atoms with Gasteiger partial charge < -0.3 is 14.3 Å². The number of nitrogens with one attached hydrogen (secondary N) is 1. The topological polar surface area (TPSA) is 81.2 Å². The van der Waals surface area contributed by atoms with Crippen LogP contribution in [0.1, 0.15) is 36.0 Å². The lowest BCUT2D eigenvalue weighted by molar-refractivity contribution is 0.0939. The van der Waals surface area contributed by atoms with E-state index in [1.54, 1.807) is 24.5 Å². The molecular formula is C22H19N3O3. The average molecular weight is 373 g/mol. The SMILES string of the molecule is O=C(NC1CCCC1)c1cc(-c2ccco2)nc2onc(-c3ccccc3)c12. The lowest BCUT2D eigenvalue weighted by Crippen LogP contribution is -2.32. The first-order chi connectivity index (χ1) is 13.8. The molecule has 28 heavy (non-hydrogen) atoms. The number of benzene rings is 1. The number of hydrogen-bond acceptors (Lipinski definition) is 5. The molecule has 0 atom stereocenters. The van der Waals surface area contributed by atoms with Gasteiger partial charge in [-0.25, -0.2) is 4.98 Å². The van der Waals surface area contributed by atoms with E-state index in [2.05, 4.69) is 15.5 Å². The van der Waals surface area contributed by atoms with Crippen LogP contribution in [0.4, 0.5) is 0 Å². The molecule has 1 amide bonds. The maximum Gasteiger partial charge on any atom is 0.259 e. The molecule has 1 aliphatic rings. The van der Waals surface area contributed by atoms with Crippen molar-refractivity contribution in [2.45, 2.75) is 31.7 Å². The Bertz CT molecular complexity index is 1110. The summed E-state index contributed by atoms with van der Waals surface area (Å²) >= 11 is 0. The normalized spacial score (nSPS) is 14.6. The van der Waals surface area contributed by atoms with E-state index in [1.807, 2.05) is 30.3 Å². The number of carbonyl (C=O) groups excluding carboxylic acids is 1. The van der Waals surface area contributed by atoms with E-state index < -0.39 is 0 Å². The molecule has 1 aliphatic carbocycles. The van der Waals surface area contributed by atoms with E-state index in [1.165, 1.54) is 0 Å². The van der Waals surface area contributed by atoms with Gasteiger partial charge in [-0.2, -0.15) is 0 Å². The summed E-state index contributed by atoms with van der Waals surface area (Å²) in [5, 5.41) is 8.00. The quantitative estimate of drug-likeness (QED) is 0.554. The number of carbonyl (C=O) groups is 1. The van der Waals surface area contributed by atoms with Gasteiger partial charge in [0.25, 0.3) is 11.6 Å². The number of furan rings is 1. The van der Waals surface area contributed by atoms with Gasteiger partial charge in [-0.1, -0.05) is 48.3 Å². The second kappa shape index (κ2) is 6.96. The van der Waals surface area contributed by atoms with Gasteiger partial charge in [-0.3, -0.25) is 4.79 Å². The highest BCUT2D eigenvalue weighted by Gasteiger charge is 2.25. The molecule has 0 radical (unpaired) electrons. The smallest absolute Gasteiger partial charge is 0.259 e. The molecule has 0 bridgehead atoms. The monoisotopic (exact) mass is 373 g/mol. The molecule has 140 valence electrons. The maximum absolute atomic E-state index is 13.2. The van der Waals surface area contributed by atoms with Crippen LogP contribution in [0.15, 0.2) is 63.7 Å². The fourth-order valence-corrected chi connectivity index (χ4v) is 3.81. The van der Waals surface area contributed by atoms with Crippen LogP contribution in [0.5, 0.6) is 0 Å². The van der Waals surface area contributed by atoms with E-state index in [-0.39, 0.29) is 11.9 Å². The van der Waals surface area contributed by atoms with Crippen molar-refractivity contribution in [3.05, 3.63) is 60.4 Å². The van der Waals surface area contributed by atoms with Gasteiger partial charge in [0.15, 0.2) is 5.76 Å². The summed E-state index contributed by atoms with van der Waals surface area (Å²) in [5.41, 5.74) is 2.87. The summed E-state index contributed by atoms with van der Waals surface area (Å²) < 4.78 is 11.0. The van der Waals surface area contributed by atoms with Gasteiger partial charge in [-0.05, 0) is 31.0 Å². The second-order valence-corrected chi connectivity index (χ2v) is 7.06. The fourth-order valence-electron chi connectivity index (χ4n) is 3.81. The van der Waals surface area contributed by atoms with Crippen LogP contribution in [0.25, 0.3) is 33.8 Å². The van der Waals surface area contributed by atoms with E-state index in [0.717, 1.165) is 31.2 Å². The third kappa shape index (κ3) is 2.97. The molecule has 5 rings (SSSR count). The first-order valence-electron chi connectivity index (χ1n) is 9.50. The predicted octanol–water partition coefficient (Wildman–Crippen LogP) is 4.82. The molecular weight excluding hydrogens is 354 g/mol. The number of pyridine rings is 1. The minimum absolute atomic E-state index is 0.132. The Balaban J connectivity index is 1.67. The molecule has 4 aromatic rings. The third-order valence-corrected chi connectivity index (χ3v) is 5.20. The zero-order valence-electron chi connectivity index (χ0n) is 15.2. The number of amides is 1. The molecule has 1 fully saturated rings. The minimum atomic E-state index is -0.132. The molecule has 0 aliphatic heterocycles. The molecule has 6 heteroatoms. The van der Waals surface area contributed by atoms with Crippen molar-refractivity contribution in [1.82, 2.24) is 15.5 Å². The first-order valence-corrected chi connectivity index (χ1v) is 9.50. The van der Waals surface area contributed by atoms with Crippen molar-refractivity contribution in [2.75, 3.05) is 0 Å². The molecule has 3 aromatic heterocycles. The number of nitrogens with zero attached hydrogens (tertiary/aromatic N) is 2. The van der Waals surface area contributed by atoms with Crippen LogP contribution in [0.3, 0.4) is 0 Å². The van der Waals surface area contributed by atoms with Crippen LogP contribution in [-0.4, -0.2) is 22.1 Å². The summed E-state index contributed by atoms with van der Waals surface area (Å²) in [4.78, 5) is 17.7. The molecule has 1 aromatic carbocycles. The standard InChI is InChI=1S/C22H19N3O3/c26-21(23-15-9-4-5-10-15)16-13-17(18-11-6-12-27-18)24-22-19(16)20(25-28-22)14-7-2-1-3-8-14/h1-3,6-8,11-13,15H,4-5,9-10H2,(H,23,26). The van der Waals surface area contributed by atoms with Crippen molar-refractivity contribution in [2.24, 2.45) is 0 Å². The van der Waals surface area contributed by atoms with Crippen LogP contribution in [-0.2, 0) is 0 Å². The predicted molar refractivity (Wildman–Crippen MR) is 105 cm³/mol. The Labute approximate surface area is 161 Å². The Morgan fingerprint density at radius 2 is 1.89 bits per heavy atom. The van der Waals surface area contributed by atoms with Crippen LogP contribution in [0.2, 0.25) is 0 Å². The Morgan fingerprint density at radius 1 is 1.07 bits per heavy atom. The van der Waals surface area contributed by atoms with Crippen molar-refractivity contribution in [3.63, 3.8) is 0 Å². The lowest BCUT2D eigenvalue weighted by atomic mass is 10.0. The van der Waals surface area contributed by atoms with Gasteiger partial charge in [0.05, 0.1) is 17.2 Å². The number of fused-ring (bicyclic) bond motifs is 1. The highest BCUT2D eigenvalue weighted by Crippen LogP contribution is 2.33. The van der Waals surface area contributed by atoms with Gasteiger partial charge in [0.1, 0.15) is 11.4 Å². The summed E-state index contributed by atoms with van der Waals surface area (Å²) in [6, 6.07) is 15.2. The van der Waals surface area contributed by atoms with Gasteiger partial charge >= 0.3 is 0 Å². The highest BCUT2D eigenvalue weighted by atomic mass is 16.5. The summed E-state index contributed by atoms with van der Waals surface area (Å²) in [5.74, 6) is 0.446. The zero-order valence-corrected chi connectivity index (χ0v) is 15.2. The highest BCUT2D eigenvalue weighted by molar-refractivity contribution is 6.10. The minimum Gasteiger partial charge on any atom is -0.463 e. The zero-order chi connectivity index (χ0) is 18.9. The lowest BCUT2D eigenvalue weighted by Gasteiger charge is -2.13. The van der Waals surface area contributed by atoms with Gasteiger partial charge in [0.2, 0.25) is 0 Å². The first kappa shape index (κ1) is 16.7. The third-order valence-electron chi connectivity index (χ3n) is 5.20. The Hall–Kier alpha value is -3.41. The van der Waals surface area contributed by atoms with E-state index in [4.69, 9.17) is 8.94 Å². The van der Waals surface area contributed by atoms with Gasteiger partial charge in [-0.15, -0.1) is 0 Å². The van der Waals surface area contributed by atoms with E-state index in [9.17, 15) is 4.79 Å². The maximum atomic E-state index is 13.2. The summed E-state index contributed by atoms with van der Waals surface area (Å²) in [6.45, 7) is 0. The molecule has 0 unspecified atom stereocenters. The van der Waals surface area contributed by atoms with E-state index in [0.29, 0.717) is 33.8 Å². The Kier molecular flexibility index (Phi) is 4.16. The van der Waals surface area contributed by atoms with Crippen LogP contribution in [0, 0.1) is 0 Å². The largest absolute Gasteiger partial charge is 0.463 e. The molecule has 0 spiro atoms. The Morgan fingerprint density at radius 3 is 2.64 bits per heavy atom. The summed E-state index contributed by atoms with van der Waals surface area (Å²) in [6.07, 6.45) is 5.91. The van der Waals surface area contributed by atoms with Crippen molar-refractivity contribution in [1.29, 1.82) is 0 Å².